The second-order valence-electron chi connectivity index (χ2n) is 4.42. The van der Waals surface area contributed by atoms with Gasteiger partial charge in [0.05, 0.1) is 20.0 Å². The third kappa shape index (κ3) is 5.08. The van der Waals surface area contributed by atoms with Crippen LogP contribution in [0.2, 0.25) is 0 Å². The van der Waals surface area contributed by atoms with E-state index in [1.807, 2.05) is 25.1 Å². The molecule has 0 radical (unpaired) electrons. The summed E-state index contributed by atoms with van der Waals surface area (Å²) in [5.41, 5.74) is 1.02. The molecule has 19 heavy (non-hydrogen) atoms. The molecule has 0 aliphatic heterocycles. The Morgan fingerprint density at radius 2 is 1.84 bits per heavy atom. The van der Waals surface area contributed by atoms with E-state index in [1.165, 1.54) is 6.26 Å². The summed E-state index contributed by atoms with van der Waals surface area (Å²) in [5, 5.41) is 3.17. The number of benzene rings is 1. The summed E-state index contributed by atoms with van der Waals surface area (Å²) in [6.45, 7) is 2.40. The van der Waals surface area contributed by atoms with E-state index in [0.717, 1.165) is 5.56 Å². The van der Waals surface area contributed by atoms with Gasteiger partial charge in [-0.3, -0.25) is 0 Å². The molecule has 0 saturated carbocycles. The predicted octanol–water partition coefficient (Wildman–Crippen LogP) is 1.40. The maximum atomic E-state index is 11.1. The van der Waals surface area contributed by atoms with Gasteiger partial charge >= 0.3 is 0 Å². The number of nitrogens with one attached hydrogen (secondary N) is 1. The number of methoxy groups -OCH3 is 2. The summed E-state index contributed by atoms with van der Waals surface area (Å²) in [7, 11) is 0.243. The Balaban J connectivity index is 2.69. The molecule has 108 valence electrons. The Morgan fingerprint density at radius 3 is 2.37 bits per heavy atom. The SMILES string of the molecule is COc1ccc(C(C)NCCS(C)(=O)=O)cc1OC. The molecule has 0 spiro atoms. The average molecular weight is 287 g/mol. The maximum Gasteiger partial charge on any atom is 0.161 e. The van der Waals surface area contributed by atoms with Crippen LogP contribution in [0.5, 0.6) is 11.5 Å². The molecule has 0 saturated heterocycles. The Morgan fingerprint density at radius 1 is 1.21 bits per heavy atom. The summed E-state index contributed by atoms with van der Waals surface area (Å²) in [5.74, 6) is 1.47. The van der Waals surface area contributed by atoms with Crippen LogP contribution in [0.15, 0.2) is 18.2 Å². The van der Waals surface area contributed by atoms with Gasteiger partial charge in [0.1, 0.15) is 9.84 Å². The van der Waals surface area contributed by atoms with Crippen molar-refractivity contribution >= 4 is 9.84 Å². The quantitative estimate of drug-likeness (QED) is 0.821. The van der Waals surface area contributed by atoms with Gasteiger partial charge in [0.2, 0.25) is 0 Å². The zero-order chi connectivity index (χ0) is 14.5. The van der Waals surface area contributed by atoms with Gasteiger partial charge in [-0.25, -0.2) is 8.42 Å². The molecular weight excluding hydrogens is 266 g/mol. The highest BCUT2D eigenvalue weighted by Crippen LogP contribution is 2.29. The largest absolute Gasteiger partial charge is 0.493 e. The molecule has 6 heteroatoms. The molecule has 0 amide bonds. The lowest BCUT2D eigenvalue weighted by molar-refractivity contribution is 0.354. The van der Waals surface area contributed by atoms with Crippen LogP contribution >= 0.6 is 0 Å². The predicted molar refractivity (Wildman–Crippen MR) is 75.7 cm³/mol. The summed E-state index contributed by atoms with van der Waals surface area (Å²) in [6, 6.07) is 5.70. The zero-order valence-electron chi connectivity index (χ0n) is 11.8. The Kier molecular flexibility index (Phi) is 5.62. The highest BCUT2D eigenvalue weighted by Gasteiger charge is 2.10. The fourth-order valence-electron chi connectivity index (χ4n) is 1.70. The first kappa shape index (κ1) is 15.8. The molecule has 1 rings (SSSR count). The highest BCUT2D eigenvalue weighted by atomic mass is 32.2. The van der Waals surface area contributed by atoms with Crippen LogP contribution in [0.3, 0.4) is 0 Å². The average Bonchev–Trinajstić information content (AvgIpc) is 2.36. The molecule has 5 nitrogen and oxygen atoms in total. The van der Waals surface area contributed by atoms with Gasteiger partial charge in [0.15, 0.2) is 11.5 Å². The van der Waals surface area contributed by atoms with Crippen molar-refractivity contribution in [3.05, 3.63) is 23.8 Å². The minimum atomic E-state index is -2.93. The number of hydrogen-bond acceptors (Lipinski definition) is 5. The summed E-state index contributed by atoms with van der Waals surface area (Å²) in [4.78, 5) is 0. The summed E-state index contributed by atoms with van der Waals surface area (Å²) in [6.07, 6.45) is 1.23. The van der Waals surface area contributed by atoms with Crippen molar-refractivity contribution in [3.63, 3.8) is 0 Å². The molecule has 1 aromatic rings. The molecule has 0 aliphatic rings. The topological polar surface area (TPSA) is 64.6 Å². The van der Waals surface area contributed by atoms with Crippen LogP contribution in [-0.4, -0.2) is 41.2 Å². The van der Waals surface area contributed by atoms with E-state index in [-0.39, 0.29) is 11.8 Å². The Hall–Kier alpha value is -1.27. The van der Waals surface area contributed by atoms with E-state index in [4.69, 9.17) is 9.47 Å². The second-order valence-corrected chi connectivity index (χ2v) is 6.68. The van der Waals surface area contributed by atoms with Crippen molar-refractivity contribution in [1.82, 2.24) is 5.32 Å². The van der Waals surface area contributed by atoms with Crippen molar-refractivity contribution < 1.29 is 17.9 Å². The van der Waals surface area contributed by atoms with Crippen molar-refractivity contribution in [2.75, 3.05) is 32.8 Å². The number of ether oxygens (including phenoxy) is 2. The fourth-order valence-corrected chi connectivity index (χ4v) is 2.19. The van der Waals surface area contributed by atoms with E-state index in [1.54, 1.807) is 14.2 Å². The van der Waals surface area contributed by atoms with Gasteiger partial charge in [0, 0.05) is 18.8 Å². The number of rotatable bonds is 7. The number of sulfone groups is 1. The van der Waals surface area contributed by atoms with Crippen molar-refractivity contribution in [2.45, 2.75) is 13.0 Å². The van der Waals surface area contributed by atoms with Gasteiger partial charge in [-0.15, -0.1) is 0 Å². The maximum absolute atomic E-state index is 11.1. The zero-order valence-corrected chi connectivity index (χ0v) is 12.6. The molecule has 0 fully saturated rings. The highest BCUT2D eigenvalue weighted by molar-refractivity contribution is 7.90. The lowest BCUT2D eigenvalue weighted by Gasteiger charge is -2.16. The van der Waals surface area contributed by atoms with Gasteiger partial charge in [0.25, 0.3) is 0 Å². The van der Waals surface area contributed by atoms with Crippen LogP contribution in [-0.2, 0) is 9.84 Å². The Bertz CT molecular complexity index is 513. The van der Waals surface area contributed by atoms with Crippen LogP contribution in [0.4, 0.5) is 0 Å². The molecular formula is C13H21NO4S. The summed E-state index contributed by atoms with van der Waals surface area (Å²) < 4.78 is 32.5. The standard InChI is InChI=1S/C13H21NO4S/c1-10(14-7-8-19(4,15)16)11-5-6-12(17-2)13(9-11)18-3/h5-6,9-10,14H,7-8H2,1-4H3. The van der Waals surface area contributed by atoms with Crippen molar-refractivity contribution in [2.24, 2.45) is 0 Å². The van der Waals surface area contributed by atoms with Crippen LogP contribution in [0.1, 0.15) is 18.5 Å². The van der Waals surface area contributed by atoms with Gasteiger partial charge in [-0.2, -0.15) is 0 Å². The van der Waals surface area contributed by atoms with Crippen LogP contribution in [0, 0.1) is 0 Å². The third-order valence-electron chi connectivity index (χ3n) is 2.83. The van der Waals surface area contributed by atoms with Gasteiger partial charge < -0.3 is 14.8 Å². The molecule has 1 unspecified atom stereocenters. The normalized spacial score (nSPS) is 13.1. The fraction of sp³-hybridized carbons (Fsp3) is 0.538. The lowest BCUT2D eigenvalue weighted by atomic mass is 10.1. The van der Waals surface area contributed by atoms with Crippen LogP contribution < -0.4 is 14.8 Å². The van der Waals surface area contributed by atoms with Gasteiger partial charge in [-0.1, -0.05) is 6.07 Å². The molecule has 1 atom stereocenters. The first-order chi connectivity index (χ1) is 8.87. The minimum absolute atomic E-state index is 0.0431. The van der Waals surface area contributed by atoms with E-state index >= 15 is 0 Å². The van der Waals surface area contributed by atoms with E-state index < -0.39 is 9.84 Å². The Labute approximate surface area is 114 Å². The van der Waals surface area contributed by atoms with Gasteiger partial charge in [-0.05, 0) is 24.6 Å². The first-order valence-corrected chi connectivity index (χ1v) is 8.06. The van der Waals surface area contributed by atoms with E-state index in [2.05, 4.69) is 5.32 Å². The number of hydrogen-bond donors (Lipinski definition) is 1. The van der Waals surface area contributed by atoms with Crippen molar-refractivity contribution in [1.29, 1.82) is 0 Å². The third-order valence-corrected chi connectivity index (χ3v) is 3.78. The molecule has 1 N–H and O–H groups in total. The molecule has 1 aromatic carbocycles. The smallest absolute Gasteiger partial charge is 0.161 e. The van der Waals surface area contributed by atoms with E-state index in [0.29, 0.717) is 18.0 Å². The molecule has 0 heterocycles. The second kappa shape index (κ2) is 6.77. The molecule has 0 bridgehead atoms. The first-order valence-electron chi connectivity index (χ1n) is 6.00. The van der Waals surface area contributed by atoms with Crippen molar-refractivity contribution in [3.8, 4) is 11.5 Å². The van der Waals surface area contributed by atoms with Crippen LogP contribution in [0.25, 0.3) is 0 Å². The minimum Gasteiger partial charge on any atom is -0.493 e. The van der Waals surface area contributed by atoms with E-state index in [9.17, 15) is 8.42 Å². The lowest BCUT2D eigenvalue weighted by Crippen LogP contribution is -2.25. The monoisotopic (exact) mass is 287 g/mol. The molecule has 0 aromatic heterocycles. The molecule has 0 aliphatic carbocycles. The summed E-state index contributed by atoms with van der Waals surface area (Å²) >= 11 is 0.